The zero-order valence-corrected chi connectivity index (χ0v) is 12.7. The van der Waals surface area contributed by atoms with E-state index in [9.17, 15) is 0 Å². The van der Waals surface area contributed by atoms with Crippen molar-refractivity contribution >= 4 is 43.2 Å². The van der Waals surface area contributed by atoms with Crippen LogP contribution in [-0.2, 0) is 6.42 Å². The molecule has 0 aliphatic rings. The molecule has 0 nitrogen and oxygen atoms in total. The molecule has 2 aromatic rings. The van der Waals surface area contributed by atoms with Crippen molar-refractivity contribution in [3.8, 4) is 0 Å². The Morgan fingerprint density at radius 3 is 2.56 bits per heavy atom. The quantitative estimate of drug-likeness (QED) is 0.625. The van der Waals surface area contributed by atoms with E-state index in [0.717, 1.165) is 12.8 Å². The molecule has 0 aliphatic heterocycles. The van der Waals surface area contributed by atoms with Gasteiger partial charge >= 0.3 is 0 Å². The van der Waals surface area contributed by atoms with E-state index in [4.69, 9.17) is 0 Å². The van der Waals surface area contributed by atoms with E-state index in [1.807, 2.05) is 11.3 Å². The van der Waals surface area contributed by atoms with Crippen LogP contribution in [0.4, 0.5) is 0 Å². The Bertz CT molecular complexity index is 436. The maximum absolute atomic E-state index is 3.74. The van der Waals surface area contributed by atoms with Crippen molar-refractivity contribution in [3.63, 3.8) is 0 Å². The van der Waals surface area contributed by atoms with E-state index in [0.29, 0.717) is 4.83 Å². The average Bonchev–Trinajstić information content (AvgIpc) is 2.73. The van der Waals surface area contributed by atoms with Gasteiger partial charge in [0.25, 0.3) is 0 Å². The van der Waals surface area contributed by atoms with Gasteiger partial charge in [-0.05, 0) is 40.4 Å². The number of thiophene rings is 1. The van der Waals surface area contributed by atoms with Crippen molar-refractivity contribution in [2.75, 3.05) is 0 Å². The van der Waals surface area contributed by atoms with Crippen LogP contribution in [0.3, 0.4) is 0 Å². The summed E-state index contributed by atoms with van der Waals surface area (Å²) in [5, 5.41) is 2.14. The second kappa shape index (κ2) is 5.99. The van der Waals surface area contributed by atoms with Crippen LogP contribution in [0.15, 0.2) is 46.3 Å². The molecule has 0 fully saturated rings. The lowest BCUT2D eigenvalue weighted by Gasteiger charge is -2.08. The van der Waals surface area contributed by atoms with Crippen LogP contribution in [0.25, 0.3) is 0 Å². The number of rotatable bonds is 4. The topological polar surface area (TPSA) is 0 Å². The van der Waals surface area contributed by atoms with E-state index in [2.05, 4.69) is 73.6 Å². The van der Waals surface area contributed by atoms with Gasteiger partial charge in [0.15, 0.2) is 0 Å². The van der Waals surface area contributed by atoms with Gasteiger partial charge in [-0.25, -0.2) is 0 Å². The maximum Gasteiger partial charge on any atom is 0.0398 e. The lowest BCUT2D eigenvalue weighted by atomic mass is 10.1. The first-order chi connectivity index (χ1) is 7.75. The average molecular weight is 360 g/mol. The lowest BCUT2D eigenvalue weighted by molar-refractivity contribution is 0.823. The summed E-state index contributed by atoms with van der Waals surface area (Å²) in [4.78, 5) is 1.89. The predicted octanol–water partition coefficient (Wildman–Crippen LogP) is 5.58. The van der Waals surface area contributed by atoms with Gasteiger partial charge in [-0.15, -0.1) is 11.3 Å². The summed E-state index contributed by atoms with van der Waals surface area (Å²) in [5.74, 6) is 0. The summed E-state index contributed by atoms with van der Waals surface area (Å²) in [6.45, 7) is 0. The van der Waals surface area contributed by atoms with Crippen LogP contribution in [0, 0.1) is 0 Å². The molecule has 1 unspecified atom stereocenters. The van der Waals surface area contributed by atoms with Crippen LogP contribution in [-0.4, -0.2) is 0 Å². The van der Waals surface area contributed by atoms with Crippen LogP contribution in [0.5, 0.6) is 0 Å². The van der Waals surface area contributed by atoms with Gasteiger partial charge in [0.05, 0.1) is 0 Å². The van der Waals surface area contributed by atoms with Crippen molar-refractivity contribution < 1.29 is 0 Å². The smallest absolute Gasteiger partial charge is 0.0398 e. The highest BCUT2D eigenvalue weighted by molar-refractivity contribution is 9.10. The molecule has 0 spiro atoms. The van der Waals surface area contributed by atoms with Crippen molar-refractivity contribution in [3.05, 3.63) is 56.7 Å². The Kier molecular flexibility index (Phi) is 4.62. The normalized spacial score (nSPS) is 12.6. The molecule has 0 N–H and O–H groups in total. The highest BCUT2D eigenvalue weighted by Gasteiger charge is 2.07. The van der Waals surface area contributed by atoms with Crippen molar-refractivity contribution in [1.29, 1.82) is 0 Å². The second-order valence-corrected chi connectivity index (χ2v) is 6.66. The number of hydrogen-bond acceptors (Lipinski definition) is 1. The second-order valence-electron chi connectivity index (χ2n) is 3.65. The third-order valence-electron chi connectivity index (χ3n) is 2.43. The van der Waals surface area contributed by atoms with Crippen molar-refractivity contribution in [1.82, 2.24) is 0 Å². The highest BCUT2D eigenvalue weighted by atomic mass is 79.9. The number of aryl methyl sites for hydroxylation is 1. The van der Waals surface area contributed by atoms with E-state index in [1.54, 1.807) is 0 Å². The minimum Gasteiger partial charge on any atom is -0.148 e. The van der Waals surface area contributed by atoms with E-state index in [-0.39, 0.29) is 0 Å². The first-order valence-electron chi connectivity index (χ1n) is 5.17. The third-order valence-corrected chi connectivity index (χ3v) is 5.17. The Morgan fingerprint density at radius 1 is 1.19 bits per heavy atom. The largest absolute Gasteiger partial charge is 0.148 e. The molecule has 1 aromatic carbocycles. The van der Waals surface area contributed by atoms with Gasteiger partial charge in [-0.3, -0.25) is 0 Å². The van der Waals surface area contributed by atoms with Crippen LogP contribution in [0.2, 0.25) is 0 Å². The molecule has 0 saturated carbocycles. The summed E-state index contributed by atoms with van der Waals surface area (Å²) in [7, 11) is 0. The molecule has 0 radical (unpaired) electrons. The molecule has 1 atom stereocenters. The Hall–Kier alpha value is -0.120. The van der Waals surface area contributed by atoms with Crippen molar-refractivity contribution in [2.24, 2.45) is 0 Å². The molecule has 84 valence electrons. The standard InChI is InChI=1S/C13H12Br2S/c14-11-8-12(16-9-11)6-7-13(15)10-4-2-1-3-5-10/h1-5,8-9,13H,6-7H2. The summed E-state index contributed by atoms with van der Waals surface area (Å²) >= 11 is 9.04. The van der Waals surface area contributed by atoms with Gasteiger partial charge in [0, 0.05) is 19.6 Å². The molecule has 2 rings (SSSR count). The number of hydrogen-bond donors (Lipinski definition) is 0. The molecule has 1 heterocycles. The number of alkyl halides is 1. The zero-order chi connectivity index (χ0) is 11.4. The monoisotopic (exact) mass is 358 g/mol. The Labute approximate surface area is 117 Å². The summed E-state index contributed by atoms with van der Waals surface area (Å²) in [6, 6.07) is 12.8. The van der Waals surface area contributed by atoms with Gasteiger partial charge in [0.1, 0.15) is 0 Å². The predicted molar refractivity (Wildman–Crippen MR) is 78.5 cm³/mol. The molecule has 16 heavy (non-hydrogen) atoms. The van der Waals surface area contributed by atoms with Gasteiger partial charge < -0.3 is 0 Å². The van der Waals surface area contributed by atoms with Crippen LogP contribution < -0.4 is 0 Å². The van der Waals surface area contributed by atoms with E-state index < -0.39 is 0 Å². The summed E-state index contributed by atoms with van der Waals surface area (Å²) in [5.41, 5.74) is 1.36. The molecule has 0 bridgehead atoms. The molecule has 3 heteroatoms. The molecule has 0 amide bonds. The van der Waals surface area contributed by atoms with Crippen LogP contribution >= 0.6 is 43.2 Å². The maximum atomic E-state index is 3.74. The van der Waals surface area contributed by atoms with Gasteiger partial charge in [0.2, 0.25) is 0 Å². The summed E-state index contributed by atoms with van der Waals surface area (Å²) < 4.78 is 1.19. The highest BCUT2D eigenvalue weighted by Crippen LogP contribution is 2.29. The molecular formula is C13H12Br2S. The fourth-order valence-corrected chi connectivity index (χ4v) is 3.59. The fraction of sp³-hybridized carbons (Fsp3) is 0.231. The fourth-order valence-electron chi connectivity index (χ4n) is 1.58. The number of halogens is 2. The number of benzene rings is 1. The minimum absolute atomic E-state index is 0.453. The van der Waals surface area contributed by atoms with E-state index in [1.165, 1.54) is 14.9 Å². The lowest BCUT2D eigenvalue weighted by Crippen LogP contribution is -1.91. The van der Waals surface area contributed by atoms with Crippen molar-refractivity contribution in [2.45, 2.75) is 17.7 Å². The first kappa shape index (κ1) is 12.3. The van der Waals surface area contributed by atoms with Gasteiger partial charge in [-0.2, -0.15) is 0 Å². The SMILES string of the molecule is Brc1csc(CCC(Br)c2ccccc2)c1. The van der Waals surface area contributed by atoms with E-state index >= 15 is 0 Å². The van der Waals surface area contributed by atoms with Gasteiger partial charge in [-0.1, -0.05) is 46.3 Å². The third kappa shape index (κ3) is 3.44. The molecule has 1 aromatic heterocycles. The van der Waals surface area contributed by atoms with Crippen LogP contribution in [0.1, 0.15) is 21.7 Å². The zero-order valence-electron chi connectivity index (χ0n) is 8.70. The minimum atomic E-state index is 0.453. The Balaban J connectivity index is 1.91. The molecular weight excluding hydrogens is 348 g/mol. The molecule has 0 aliphatic carbocycles. The molecule has 0 saturated heterocycles. The Morgan fingerprint density at radius 2 is 1.94 bits per heavy atom. The summed E-state index contributed by atoms with van der Waals surface area (Å²) in [6.07, 6.45) is 2.26. The first-order valence-corrected chi connectivity index (χ1v) is 7.76.